The van der Waals surface area contributed by atoms with E-state index in [1.165, 1.54) is 11.1 Å². The van der Waals surface area contributed by atoms with Gasteiger partial charge in [0, 0.05) is 19.3 Å². The molecule has 2 aromatic carbocycles. The molecule has 0 saturated heterocycles. The first kappa shape index (κ1) is 13.4. The van der Waals surface area contributed by atoms with Gasteiger partial charge in [-0.3, -0.25) is 0 Å². The first-order valence-electron chi connectivity index (χ1n) is 6.26. The lowest BCUT2D eigenvalue weighted by Crippen LogP contribution is -1.99. The van der Waals surface area contributed by atoms with Crippen LogP contribution in [0.2, 0.25) is 0 Å². The van der Waals surface area contributed by atoms with Crippen molar-refractivity contribution >= 4 is 5.69 Å². The second-order valence-electron chi connectivity index (χ2n) is 4.33. The van der Waals surface area contributed by atoms with Crippen LogP contribution >= 0.6 is 0 Å². The predicted molar refractivity (Wildman–Crippen MR) is 77.5 cm³/mol. The molecule has 2 aromatic rings. The molecule has 2 rings (SSSR count). The molecule has 3 nitrogen and oxygen atoms in total. The van der Waals surface area contributed by atoms with E-state index in [0.29, 0.717) is 6.61 Å². The topological polar surface area (TPSA) is 30.5 Å². The molecule has 0 heterocycles. The summed E-state index contributed by atoms with van der Waals surface area (Å²) in [5.41, 5.74) is 3.52. The van der Waals surface area contributed by atoms with Crippen molar-refractivity contribution in [2.45, 2.75) is 13.2 Å². The minimum atomic E-state index is 0.659. The number of hydrogen-bond acceptors (Lipinski definition) is 3. The Kier molecular flexibility index (Phi) is 4.81. The number of methoxy groups -OCH3 is 2. The Labute approximate surface area is 114 Å². The zero-order valence-corrected chi connectivity index (χ0v) is 11.3. The molecule has 0 bridgehead atoms. The van der Waals surface area contributed by atoms with Crippen LogP contribution in [0, 0.1) is 0 Å². The van der Waals surface area contributed by atoms with E-state index in [1.54, 1.807) is 14.2 Å². The molecule has 19 heavy (non-hydrogen) atoms. The molecule has 0 spiro atoms. The lowest BCUT2D eigenvalue weighted by molar-refractivity contribution is 0.185. The van der Waals surface area contributed by atoms with E-state index in [0.717, 1.165) is 18.0 Å². The van der Waals surface area contributed by atoms with Crippen molar-refractivity contribution in [2.75, 3.05) is 19.5 Å². The van der Waals surface area contributed by atoms with Crippen LogP contribution in [0.1, 0.15) is 11.1 Å². The van der Waals surface area contributed by atoms with Crippen molar-refractivity contribution in [1.82, 2.24) is 0 Å². The smallest absolute Gasteiger partial charge is 0.119 e. The Morgan fingerprint density at radius 3 is 2.05 bits per heavy atom. The molecule has 3 heteroatoms. The highest BCUT2D eigenvalue weighted by atomic mass is 16.5. The van der Waals surface area contributed by atoms with E-state index in [-0.39, 0.29) is 0 Å². The second-order valence-corrected chi connectivity index (χ2v) is 4.33. The minimum absolute atomic E-state index is 0.659. The van der Waals surface area contributed by atoms with Crippen LogP contribution in [0.25, 0.3) is 0 Å². The molecular weight excluding hydrogens is 238 g/mol. The first-order chi connectivity index (χ1) is 9.31. The molecule has 0 unspecified atom stereocenters. The average Bonchev–Trinajstić information content (AvgIpc) is 2.47. The zero-order chi connectivity index (χ0) is 13.5. The molecule has 0 saturated carbocycles. The summed E-state index contributed by atoms with van der Waals surface area (Å²) in [7, 11) is 3.38. The van der Waals surface area contributed by atoms with Crippen LogP contribution in [0.5, 0.6) is 5.75 Å². The molecule has 0 aliphatic carbocycles. The van der Waals surface area contributed by atoms with Gasteiger partial charge in [-0.15, -0.1) is 0 Å². The van der Waals surface area contributed by atoms with Crippen LogP contribution in [0.3, 0.4) is 0 Å². The van der Waals surface area contributed by atoms with E-state index >= 15 is 0 Å². The third-order valence-electron chi connectivity index (χ3n) is 2.92. The van der Waals surface area contributed by atoms with Gasteiger partial charge in [0.1, 0.15) is 5.75 Å². The fourth-order valence-electron chi connectivity index (χ4n) is 1.83. The summed E-state index contributed by atoms with van der Waals surface area (Å²) >= 11 is 0. The van der Waals surface area contributed by atoms with Gasteiger partial charge in [-0.25, -0.2) is 0 Å². The standard InChI is InChI=1S/C16H19NO2/c1-18-12-14-5-3-13(4-6-14)11-17-15-7-9-16(19-2)10-8-15/h3-10,17H,11-12H2,1-2H3. The average molecular weight is 257 g/mol. The molecule has 0 fully saturated rings. The van der Waals surface area contributed by atoms with Crippen LogP contribution in [-0.2, 0) is 17.9 Å². The van der Waals surface area contributed by atoms with Crippen molar-refractivity contribution in [3.05, 3.63) is 59.7 Å². The normalized spacial score (nSPS) is 10.2. The molecule has 0 atom stereocenters. The number of nitrogens with one attached hydrogen (secondary N) is 1. The lowest BCUT2D eigenvalue weighted by atomic mass is 10.1. The van der Waals surface area contributed by atoms with Gasteiger partial charge in [-0.2, -0.15) is 0 Å². The van der Waals surface area contributed by atoms with E-state index in [2.05, 4.69) is 29.6 Å². The fraction of sp³-hybridized carbons (Fsp3) is 0.250. The highest BCUT2D eigenvalue weighted by Gasteiger charge is 1.96. The van der Waals surface area contributed by atoms with Gasteiger partial charge in [-0.05, 0) is 35.4 Å². The van der Waals surface area contributed by atoms with E-state index in [4.69, 9.17) is 9.47 Å². The Morgan fingerprint density at radius 2 is 1.47 bits per heavy atom. The number of rotatable bonds is 6. The SMILES string of the molecule is COCc1ccc(CNc2ccc(OC)cc2)cc1. The third-order valence-corrected chi connectivity index (χ3v) is 2.92. The maximum atomic E-state index is 5.13. The number of hydrogen-bond donors (Lipinski definition) is 1. The van der Waals surface area contributed by atoms with Crippen molar-refractivity contribution in [1.29, 1.82) is 0 Å². The monoisotopic (exact) mass is 257 g/mol. The summed E-state index contributed by atoms with van der Waals surface area (Å²) in [5.74, 6) is 0.870. The van der Waals surface area contributed by atoms with Crippen molar-refractivity contribution in [3.8, 4) is 5.75 Å². The molecule has 100 valence electrons. The highest BCUT2D eigenvalue weighted by Crippen LogP contribution is 2.16. The summed E-state index contributed by atoms with van der Waals surface area (Å²) in [6.07, 6.45) is 0. The fourth-order valence-corrected chi connectivity index (χ4v) is 1.83. The van der Waals surface area contributed by atoms with Crippen molar-refractivity contribution in [3.63, 3.8) is 0 Å². The van der Waals surface area contributed by atoms with Crippen LogP contribution in [0.4, 0.5) is 5.69 Å². The third kappa shape index (κ3) is 4.00. The molecule has 0 aliphatic rings. The van der Waals surface area contributed by atoms with E-state index < -0.39 is 0 Å². The maximum absolute atomic E-state index is 5.13. The van der Waals surface area contributed by atoms with Gasteiger partial charge in [0.25, 0.3) is 0 Å². The molecule has 1 N–H and O–H groups in total. The second kappa shape index (κ2) is 6.81. The van der Waals surface area contributed by atoms with Gasteiger partial charge >= 0.3 is 0 Å². The lowest BCUT2D eigenvalue weighted by Gasteiger charge is -2.08. The summed E-state index contributed by atoms with van der Waals surface area (Å²) in [6, 6.07) is 16.3. The highest BCUT2D eigenvalue weighted by molar-refractivity contribution is 5.46. The largest absolute Gasteiger partial charge is 0.497 e. The Balaban J connectivity index is 1.90. The van der Waals surface area contributed by atoms with Crippen LogP contribution in [-0.4, -0.2) is 14.2 Å². The Hall–Kier alpha value is -2.00. The summed E-state index contributed by atoms with van der Waals surface area (Å²) in [4.78, 5) is 0. The van der Waals surface area contributed by atoms with Crippen molar-refractivity contribution < 1.29 is 9.47 Å². The quantitative estimate of drug-likeness (QED) is 0.859. The minimum Gasteiger partial charge on any atom is -0.497 e. The maximum Gasteiger partial charge on any atom is 0.119 e. The van der Waals surface area contributed by atoms with Gasteiger partial charge in [-0.1, -0.05) is 24.3 Å². The zero-order valence-electron chi connectivity index (χ0n) is 11.3. The van der Waals surface area contributed by atoms with Crippen LogP contribution in [0.15, 0.2) is 48.5 Å². The first-order valence-corrected chi connectivity index (χ1v) is 6.26. The molecule has 0 amide bonds. The van der Waals surface area contributed by atoms with Gasteiger partial charge < -0.3 is 14.8 Å². The van der Waals surface area contributed by atoms with E-state index in [9.17, 15) is 0 Å². The Bertz CT molecular complexity index is 491. The van der Waals surface area contributed by atoms with E-state index in [1.807, 2.05) is 24.3 Å². The van der Waals surface area contributed by atoms with Crippen LogP contribution < -0.4 is 10.1 Å². The molecule has 0 radical (unpaired) electrons. The van der Waals surface area contributed by atoms with Gasteiger partial charge in [0.2, 0.25) is 0 Å². The van der Waals surface area contributed by atoms with Gasteiger partial charge in [0.05, 0.1) is 13.7 Å². The number of anilines is 1. The van der Waals surface area contributed by atoms with Crippen molar-refractivity contribution in [2.24, 2.45) is 0 Å². The predicted octanol–water partition coefficient (Wildman–Crippen LogP) is 3.45. The molecule has 0 aliphatic heterocycles. The number of benzene rings is 2. The molecular formula is C16H19NO2. The Morgan fingerprint density at radius 1 is 0.842 bits per heavy atom. The summed E-state index contributed by atoms with van der Waals surface area (Å²) < 4.78 is 10.2. The van der Waals surface area contributed by atoms with Gasteiger partial charge in [0.15, 0.2) is 0 Å². The summed E-state index contributed by atoms with van der Waals surface area (Å²) in [5, 5.41) is 3.38. The number of ether oxygens (including phenoxy) is 2. The summed E-state index contributed by atoms with van der Waals surface area (Å²) in [6.45, 7) is 1.46. The molecule has 0 aromatic heterocycles.